The van der Waals surface area contributed by atoms with E-state index in [0.717, 1.165) is 0 Å². The van der Waals surface area contributed by atoms with Gasteiger partial charge in [-0.25, -0.2) is 4.79 Å². The summed E-state index contributed by atoms with van der Waals surface area (Å²) in [5.74, 6) is -0.812. The third-order valence-corrected chi connectivity index (χ3v) is 4.02. The largest absolute Gasteiger partial charge is 0.465 e. The lowest BCUT2D eigenvalue weighted by Crippen LogP contribution is -2.36. The van der Waals surface area contributed by atoms with Gasteiger partial charge in [-0.05, 0) is 32.0 Å². The van der Waals surface area contributed by atoms with Gasteiger partial charge < -0.3 is 14.5 Å². The molecule has 1 aromatic rings. The number of amides is 2. The maximum atomic E-state index is 12.2. The molecule has 7 heteroatoms. The Balaban J connectivity index is 3.02. The van der Waals surface area contributed by atoms with Crippen LogP contribution in [0.15, 0.2) is 18.2 Å². The third-order valence-electron chi connectivity index (χ3n) is 3.70. The molecule has 132 valence electrons. The van der Waals surface area contributed by atoms with Crippen LogP contribution in [0, 0.1) is 0 Å². The summed E-state index contributed by atoms with van der Waals surface area (Å²) in [5, 5.41) is 0.327. The normalized spacial score (nSPS) is 10.2. The second-order valence-corrected chi connectivity index (χ2v) is 5.55. The summed E-state index contributed by atoms with van der Waals surface area (Å²) in [6.45, 7) is 6.63. The molecule has 0 N–H and O–H groups in total. The minimum absolute atomic E-state index is 0.0357. The Morgan fingerprint density at radius 2 is 1.79 bits per heavy atom. The number of nitrogens with zero attached hydrogens (tertiary/aromatic N) is 2. The van der Waals surface area contributed by atoms with E-state index in [1.807, 2.05) is 13.8 Å². The van der Waals surface area contributed by atoms with Gasteiger partial charge in [-0.1, -0.05) is 11.6 Å². The van der Waals surface area contributed by atoms with E-state index < -0.39 is 5.97 Å². The van der Waals surface area contributed by atoms with Crippen molar-refractivity contribution in [3.8, 4) is 0 Å². The topological polar surface area (TPSA) is 66.9 Å². The number of halogens is 1. The number of anilines is 1. The van der Waals surface area contributed by atoms with Crippen molar-refractivity contribution < 1.29 is 19.1 Å². The molecule has 2 amide bonds. The van der Waals surface area contributed by atoms with E-state index in [9.17, 15) is 14.4 Å². The predicted octanol–water partition coefficient (Wildman–Crippen LogP) is 2.74. The standard InChI is InChI=1S/C17H23ClN2O4/c1-5-19(6-2)16(22)9-10-20(12(3)21)15-11-13(17(23)24-4)7-8-14(15)18/h7-8,11H,5-6,9-10H2,1-4H3. The molecular formula is C17H23ClN2O4. The van der Waals surface area contributed by atoms with Crippen LogP contribution in [0.2, 0.25) is 5.02 Å². The number of carbonyl (C=O) groups excluding carboxylic acids is 3. The first kappa shape index (κ1) is 20.0. The lowest BCUT2D eigenvalue weighted by atomic mass is 10.1. The first-order valence-electron chi connectivity index (χ1n) is 7.79. The molecule has 0 radical (unpaired) electrons. The molecule has 1 aromatic carbocycles. The Labute approximate surface area is 147 Å². The van der Waals surface area contributed by atoms with E-state index in [-0.39, 0.29) is 24.8 Å². The fourth-order valence-electron chi connectivity index (χ4n) is 2.35. The van der Waals surface area contributed by atoms with E-state index in [1.54, 1.807) is 4.90 Å². The average Bonchev–Trinajstić information content (AvgIpc) is 2.56. The van der Waals surface area contributed by atoms with Crippen molar-refractivity contribution >= 4 is 35.1 Å². The van der Waals surface area contributed by atoms with Crippen molar-refractivity contribution in [2.24, 2.45) is 0 Å². The van der Waals surface area contributed by atoms with Gasteiger partial charge >= 0.3 is 5.97 Å². The monoisotopic (exact) mass is 354 g/mol. The molecule has 0 heterocycles. The minimum Gasteiger partial charge on any atom is -0.465 e. The van der Waals surface area contributed by atoms with Crippen LogP contribution in [0.5, 0.6) is 0 Å². The molecule has 0 saturated carbocycles. The predicted molar refractivity (Wildman–Crippen MR) is 93.4 cm³/mol. The van der Waals surface area contributed by atoms with E-state index in [1.165, 1.54) is 37.1 Å². The average molecular weight is 355 g/mol. The summed E-state index contributed by atoms with van der Waals surface area (Å²) >= 11 is 6.17. The smallest absolute Gasteiger partial charge is 0.337 e. The van der Waals surface area contributed by atoms with Crippen molar-refractivity contribution in [3.05, 3.63) is 28.8 Å². The summed E-state index contributed by atoms with van der Waals surface area (Å²) in [7, 11) is 1.28. The van der Waals surface area contributed by atoms with Crippen LogP contribution in [-0.2, 0) is 14.3 Å². The van der Waals surface area contributed by atoms with Crippen LogP contribution in [0.1, 0.15) is 37.6 Å². The van der Waals surface area contributed by atoms with Crippen molar-refractivity contribution in [1.29, 1.82) is 0 Å². The molecule has 0 unspecified atom stereocenters. The number of rotatable bonds is 7. The quantitative estimate of drug-likeness (QED) is 0.706. The van der Waals surface area contributed by atoms with Crippen LogP contribution in [-0.4, -0.2) is 49.4 Å². The molecule has 6 nitrogen and oxygen atoms in total. The second kappa shape index (κ2) is 9.27. The molecule has 0 aromatic heterocycles. The number of carbonyl (C=O) groups is 3. The lowest BCUT2D eigenvalue weighted by molar-refractivity contribution is -0.130. The lowest BCUT2D eigenvalue weighted by Gasteiger charge is -2.25. The summed E-state index contributed by atoms with van der Waals surface area (Å²) in [4.78, 5) is 38.9. The molecule has 0 bridgehead atoms. The fourth-order valence-corrected chi connectivity index (χ4v) is 2.57. The Morgan fingerprint density at radius 1 is 1.17 bits per heavy atom. The molecule has 0 atom stereocenters. The molecule has 0 spiro atoms. The van der Waals surface area contributed by atoms with Crippen LogP contribution >= 0.6 is 11.6 Å². The van der Waals surface area contributed by atoms with Crippen LogP contribution in [0.25, 0.3) is 0 Å². The molecule has 0 aliphatic carbocycles. The van der Waals surface area contributed by atoms with Crippen LogP contribution < -0.4 is 4.90 Å². The highest BCUT2D eigenvalue weighted by atomic mass is 35.5. The summed E-state index contributed by atoms with van der Waals surface area (Å²) in [6.07, 6.45) is 0.181. The molecule has 0 aliphatic heterocycles. The van der Waals surface area contributed by atoms with Gasteiger partial charge in [-0.15, -0.1) is 0 Å². The van der Waals surface area contributed by atoms with Crippen molar-refractivity contribution in [2.75, 3.05) is 31.6 Å². The first-order valence-corrected chi connectivity index (χ1v) is 8.17. The molecule has 1 rings (SSSR count). The summed E-state index contributed by atoms with van der Waals surface area (Å²) < 4.78 is 4.68. The van der Waals surface area contributed by atoms with Gasteiger partial charge in [0.15, 0.2) is 0 Å². The summed E-state index contributed by atoms with van der Waals surface area (Å²) in [6, 6.07) is 4.56. The Bertz CT molecular complexity index is 615. The van der Waals surface area contributed by atoms with E-state index in [2.05, 4.69) is 4.74 Å². The maximum absolute atomic E-state index is 12.2. The number of benzene rings is 1. The van der Waals surface area contributed by atoms with Crippen LogP contribution in [0.4, 0.5) is 5.69 Å². The fraction of sp³-hybridized carbons (Fsp3) is 0.471. The summed E-state index contributed by atoms with van der Waals surface area (Å²) in [5.41, 5.74) is 0.678. The molecule has 0 saturated heterocycles. The highest BCUT2D eigenvalue weighted by Crippen LogP contribution is 2.28. The van der Waals surface area contributed by atoms with Gasteiger partial charge in [0.2, 0.25) is 11.8 Å². The molecular weight excluding hydrogens is 332 g/mol. The van der Waals surface area contributed by atoms with Gasteiger partial charge in [0.25, 0.3) is 0 Å². The van der Waals surface area contributed by atoms with E-state index >= 15 is 0 Å². The Morgan fingerprint density at radius 3 is 2.29 bits per heavy atom. The zero-order chi connectivity index (χ0) is 18.3. The van der Waals surface area contributed by atoms with Gasteiger partial charge in [0.1, 0.15) is 0 Å². The van der Waals surface area contributed by atoms with Crippen molar-refractivity contribution in [2.45, 2.75) is 27.2 Å². The third kappa shape index (κ3) is 4.96. The number of methoxy groups -OCH3 is 1. The second-order valence-electron chi connectivity index (χ2n) is 5.14. The van der Waals surface area contributed by atoms with Crippen LogP contribution in [0.3, 0.4) is 0 Å². The SMILES string of the molecule is CCN(CC)C(=O)CCN(C(C)=O)c1cc(C(=O)OC)ccc1Cl. The van der Waals surface area contributed by atoms with Gasteiger partial charge in [0.05, 0.1) is 23.4 Å². The zero-order valence-electron chi connectivity index (χ0n) is 14.5. The van der Waals surface area contributed by atoms with Crippen molar-refractivity contribution in [3.63, 3.8) is 0 Å². The van der Waals surface area contributed by atoms with E-state index in [0.29, 0.717) is 29.4 Å². The number of hydrogen-bond donors (Lipinski definition) is 0. The Hall–Kier alpha value is -2.08. The number of ether oxygens (including phenoxy) is 1. The zero-order valence-corrected chi connectivity index (χ0v) is 15.2. The van der Waals surface area contributed by atoms with Gasteiger partial charge in [0, 0.05) is 33.0 Å². The van der Waals surface area contributed by atoms with Gasteiger partial charge in [-0.3, -0.25) is 9.59 Å². The van der Waals surface area contributed by atoms with E-state index in [4.69, 9.17) is 11.6 Å². The minimum atomic E-state index is -0.518. The molecule has 0 aliphatic rings. The van der Waals surface area contributed by atoms with Gasteiger partial charge in [-0.2, -0.15) is 0 Å². The highest BCUT2D eigenvalue weighted by molar-refractivity contribution is 6.34. The first-order chi connectivity index (χ1) is 11.3. The molecule has 24 heavy (non-hydrogen) atoms. The highest BCUT2D eigenvalue weighted by Gasteiger charge is 2.19. The molecule has 0 fully saturated rings. The number of hydrogen-bond acceptors (Lipinski definition) is 4. The maximum Gasteiger partial charge on any atom is 0.337 e. The number of esters is 1. The van der Waals surface area contributed by atoms with Crippen molar-refractivity contribution in [1.82, 2.24) is 4.90 Å². The Kier molecular flexibility index (Phi) is 7.71.